The first-order chi connectivity index (χ1) is 14.0. The largest absolute Gasteiger partial charge is 0.480 e. The van der Waals surface area contributed by atoms with Crippen LogP contribution in [0.5, 0.6) is 5.75 Å². The summed E-state index contributed by atoms with van der Waals surface area (Å²) < 4.78 is 6.04. The summed E-state index contributed by atoms with van der Waals surface area (Å²) in [5.74, 6) is 0.727. The van der Waals surface area contributed by atoms with E-state index in [-0.39, 0.29) is 18.1 Å². The van der Waals surface area contributed by atoms with Crippen molar-refractivity contribution in [2.45, 2.75) is 37.5 Å². The minimum atomic E-state index is -0.496. The SMILES string of the molecule is CN(C(=O)[C@H]1CCc2cc(Cl)ccc2O1)[C@H](CN1CC[C@H](O)C1)c1ccccc1. The molecule has 1 amide bonds. The van der Waals surface area contributed by atoms with Crippen molar-refractivity contribution in [3.05, 3.63) is 64.7 Å². The maximum absolute atomic E-state index is 13.3. The zero-order chi connectivity index (χ0) is 20.4. The van der Waals surface area contributed by atoms with E-state index in [0.29, 0.717) is 24.5 Å². The molecule has 0 aliphatic carbocycles. The molecule has 0 spiro atoms. The first kappa shape index (κ1) is 20.2. The van der Waals surface area contributed by atoms with Crippen LogP contribution in [0, 0.1) is 0 Å². The molecule has 2 aliphatic rings. The molecule has 2 aliphatic heterocycles. The van der Waals surface area contributed by atoms with Crippen molar-refractivity contribution in [2.24, 2.45) is 0 Å². The van der Waals surface area contributed by atoms with Crippen molar-refractivity contribution in [2.75, 3.05) is 26.7 Å². The highest BCUT2D eigenvalue weighted by Gasteiger charge is 2.34. The lowest BCUT2D eigenvalue weighted by Crippen LogP contribution is -2.46. The Kier molecular flexibility index (Phi) is 6.09. The van der Waals surface area contributed by atoms with Crippen molar-refractivity contribution in [1.82, 2.24) is 9.80 Å². The lowest BCUT2D eigenvalue weighted by atomic mass is 10.00. The summed E-state index contributed by atoms with van der Waals surface area (Å²) in [6.07, 6.45) is 1.42. The lowest BCUT2D eigenvalue weighted by molar-refractivity contribution is -0.140. The van der Waals surface area contributed by atoms with Crippen molar-refractivity contribution in [3.8, 4) is 5.75 Å². The quantitative estimate of drug-likeness (QED) is 0.815. The molecule has 0 bridgehead atoms. The van der Waals surface area contributed by atoms with Crippen molar-refractivity contribution in [3.63, 3.8) is 0 Å². The van der Waals surface area contributed by atoms with Crippen LogP contribution in [0.15, 0.2) is 48.5 Å². The average molecular weight is 415 g/mol. The van der Waals surface area contributed by atoms with Crippen LogP contribution >= 0.6 is 11.6 Å². The van der Waals surface area contributed by atoms with E-state index in [1.54, 1.807) is 6.07 Å². The zero-order valence-electron chi connectivity index (χ0n) is 16.6. The molecule has 29 heavy (non-hydrogen) atoms. The molecule has 2 aromatic rings. The molecule has 4 rings (SSSR count). The molecular formula is C23H27ClN2O3. The fourth-order valence-electron chi connectivity index (χ4n) is 4.26. The lowest BCUT2D eigenvalue weighted by Gasteiger charge is -2.35. The van der Waals surface area contributed by atoms with Gasteiger partial charge < -0.3 is 14.7 Å². The minimum Gasteiger partial charge on any atom is -0.480 e. The molecular weight excluding hydrogens is 388 g/mol. The number of amides is 1. The fourth-order valence-corrected chi connectivity index (χ4v) is 4.46. The van der Waals surface area contributed by atoms with Crippen molar-refractivity contribution in [1.29, 1.82) is 0 Å². The standard InChI is InChI=1S/C23H27ClN2O3/c1-25(23(28)22-9-7-17-13-18(24)8-10-21(17)29-22)20(16-5-3-2-4-6-16)15-26-12-11-19(27)14-26/h2-6,8,10,13,19-20,22,27H,7,9,11-12,14-15H2,1H3/t19-,20+,22+/m0/s1. The van der Waals surface area contributed by atoms with Gasteiger partial charge in [-0.2, -0.15) is 0 Å². The number of nitrogens with zero attached hydrogens (tertiary/aromatic N) is 2. The first-order valence-electron chi connectivity index (χ1n) is 10.2. The van der Waals surface area contributed by atoms with E-state index in [2.05, 4.69) is 17.0 Å². The third-order valence-corrected chi connectivity index (χ3v) is 6.16. The molecule has 154 valence electrons. The van der Waals surface area contributed by atoms with Crippen LogP contribution in [-0.4, -0.2) is 59.7 Å². The Bertz CT molecular complexity index is 860. The Morgan fingerprint density at radius 3 is 2.79 bits per heavy atom. The zero-order valence-corrected chi connectivity index (χ0v) is 17.4. The fraction of sp³-hybridized carbons (Fsp3) is 0.435. The van der Waals surface area contributed by atoms with E-state index in [9.17, 15) is 9.90 Å². The molecule has 1 N–H and O–H groups in total. The van der Waals surface area contributed by atoms with Crippen LogP contribution in [-0.2, 0) is 11.2 Å². The molecule has 3 atom stereocenters. The number of carbonyl (C=O) groups excluding carboxylic acids is 1. The van der Waals surface area contributed by atoms with Gasteiger partial charge in [-0.05, 0) is 48.6 Å². The van der Waals surface area contributed by atoms with Gasteiger partial charge in [0.05, 0.1) is 12.1 Å². The second kappa shape index (κ2) is 8.74. The number of ether oxygens (including phenoxy) is 1. The molecule has 0 saturated carbocycles. The molecule has 6 heteroatoms. The predicted octanol–water partition coefficient (Wildman–Crippen LogP) is 3.30. The summed E-state index contributed by atoms with van der Waals surface area (Å²) in [6, 6.07) is 15.5. The number of carbonyl (C=O) groups is 1. The minimum absolute atomic E-state index is 0.0146. The normalized spacial score (nSPS) is 22.6. The van der Waals surface area contributed by atoms with E-state index in [4.69, 9.17) is 16.3 Å². The summed E-state index contributed by atoms with van der Waals surface area (Å²) >= 11 is 6.07. The molecule has 5 nitrogen and oxygen atoms in total. The number of likely N-dealkylation sites (tertiary alicyclic amines) is 1. The summed E-state index contributed by atoms with van der Waals surface area (Å²) in [4.78, 5) is 17.4. The van der Waals surface area contributed by atoms with E-state index in [1.807, 2.05) is 42.3 Å². The number of likely N-dealkylation sites (N-methyl/N-ethyl adjacent to an activating group) is 1. The van der Waals surface area contributed by atoms with Gasteiger partial charge in [0.2, 0.25) is 0 Å². The third-order valence-electron chi connectivity index (χ3n) is 5.92. The number of β-amino-alcohol motifs (C(OH)–C–C–N with tert-alkyl or cyclic N) is 1. The number of hydrogen-bond donors (Lipinski definition) is 1. The molecule has 2 heterocycles. The first-order valence-corrected chi connectivity index (χ1v) is 10.6. The summed E-state index contributed by atoms with van der Waals surface area (Å²) in [5, 5.41) is 10.6. The number of halogens is 1. The number of aliphatic hydroxyl groups is 1. The topological polar surface area (TPSA) is 53.0 Å². The number of benzene rings is 2. The van der Waals surface area contributed by atoms with Gasteiger partial charge in [0.1, 0.15) is 5.75 Å². The van der Waals surface area contributed by atoms with E-state index in [1.165, 1.54) is 0 Å². The second-order valence-corrected chi connectivity index (χ2v) is 8.41. The Balaban J connectivity index is 1.51. The van der Waals surface area contributed by atoms with Crippen molar-refractivity contribution >= 4 is 17.5 Å². The van der Waals surface area contributed by atoms with Crippen LogP contribution in [0.2, 0.25) is 5.02 Å². The van der Waals surface area contributed by atoms with Gasteiger partial charge in [-0.3, -0.25) is 9.69 Å². The monoisotopic (exact) mass is 414 g/mol. The maximum atomic E-state index is 13.3. The Labute approximate surface area is 176 Å². The van der Waals surface area contributed by atoms with E-state index >= 15 is 0 Å². The highest BCUT2D eigenvalue weighted by Crippen LogP contribution is 2.32. The maximum Gasteiger partial charge on any atom is 0.263 e. The predicted molar refractivity (Wildman–Crippen MR) is 113 cm³/mol. The number of aryl methyl sites for hydroxylation is 1. The Hall–Kier alpha value is -2.08. The van der Waals surface area contributed by atoms with Gasteiger partial charge in [0.15, 0.2) is 6.10 Å². The smallest absolute Gasteiger partial charge is 0.263 e. The van der Waals surface area contributed by atoms with Crippen LogP contribution in [0.3, 0.4) is 0 Å². The highest BCUT2D eigenvalue weighted by atomic mass is 35.5. The van der Waals surface area contributed by atoms with Crippen LogP contribution in [0.1, 0.15) is 30.0 Å². The summed E-state index contributed by atoms with van der Waals surface area (Å²) in [6.45, 7) is 2.20. The highest BCUT2D eigenvalue weighted by molar-refractivity contribution is 6.30. The number of aliphatic hydroxyl groups excluding tert-OH is 1. The Morgan fingerprint density at radius 2 is 2.07 bits per heavy atom. The van der Waals surface area contributed by atoms with E-state index in [0.717, 1.165) is 36.3 Å². The van der Waals surface area contributed by atoms with E-state index < -0.39 is 6.10 Å². The molecule has 2 aromatic carbocycles. The summed E-state index contributed by atoms with van der Waals surface area (Å²) in [7, 11) is 1.85. The van der Waals surface area contributed by atoms with Crippen LogP contribution in [0.4, 0.5) is 0 Å². The number of rotatable bonds is 5. The van der Waals surface area contributed by atoms with Gasteiger partial charge in [-0.15, -0.1) is 0 Å². The van der Waals surface area contributed by atoms with Crippen molar-refractivity contribution < 1.29 is 14.6 Å². The second-order valence-electron chi connectivity index (χ2n) is 7.97. The average Bonchev–Trinajstić information content (AvgIpc) is 3.16. The molecule has 1 saturated heterocycles. The van der Waals surface area contributed by atoms with Crippen LogP contribution < -0.4 is 4.74 Å². The third kappa shape index (κ3) is 4.58. The van der Waals surface area contributed by atoms with Gasteiger partial charge in [0, 0.05) is 31.7 Å². The molecule has 0 radical (unpaired) electrons. The Morgan fingerprint density at radius 1 is 1.28 bits per heavy atom. The molecule has 1 fully saturated rings. The summed E-state index contributed by atoms with van der Waals surface area (Å²) in [5.41, 5.74) is 2.14. The van der Waals surface area contributed by atoms with Gasteiger partial charge in [0.25, 0.3) is 5.91 Å². The van der Waals surface area contributed by atoms with Crippen LogP contribution in [0.25, 0.3) is 0 Å². The van der Waals surface area contributed by atoms with Gasteiger partial charge in [-0.1, -0.05) is 41.9 Å². The number of fused-ring (bicyclic) bond motifs is 1. The molecule has 0 aromatic heterocycles. The van der Waals surface area contributed by atoms with Gasteiger partial charge >= 0.3 is 0 Å². The number of hydrogen-bond acceptors (Lipinski definition) is 4. The molecule has 0 unspecified atom stereocenters. The van der Waals surface area contributed by atoms with Gasteiger partial charge in [-0.25, -0.2) is 0 Å².